The monoisotopic (exact) mass is 320 g/mol. The first kappa shape index (κ1) is 17.2. The van der Waals surface area contributed by atoms with Crippen molar-refractivity contribution in [2.24, 2.45) is 22.7 Å². The SMILES string of the molecule is C=C[C@@]1(C)CC[C@@H]2[C@@]3(C)CC(=O)C[C@@](C)(CO)[C@@H]3CC[C@@]2(C)O1. The van der Waals surface area contributed by atoms with Crippen LogP contribution in [0.3, 0.4) is 0 Å². The van der Waals surface area contributed by atoms with E-state index >= 15 is 0 Å². The molecule has 0 amide bonds. The molecule has 0 aromatic carbocycles. The Hall–Kier alpha value is -0.670. The number of ketones is 1. The number of fused-ring (bicyclic) bond motifs is 3. The highest BCUT2D eigenvalue weighted by Crippen LogP contribution is 2.64. The first-order valence-electron chi connectivity index (χ1n) is 9.07. The molecule has 0 aromatic rings. The summed E-state index contributed by atoms with van der Waals surface area (Å²) in [6.07, 6.45) is 7.17. The summed E-state index contributed by atoms with van der Waals surface area (Å²) in [5.41, 5.74) is -0.791. The van der Waals surface area contributed by atoms with E-state index in [0.29, 0.717) is 30.5 Å². The zero-order valence-corrected chi connectivity index (χ0v) is 15.2. The normalized spacial score (nSPS) is 53.3. The van der Waals surface area contributed by atoms with Crippen LogP contribution in [0.25, 0.3) is 0 Å². The fourth-order valence-corrected chi connectivity index (χ4v) is 6.41. The molecule has 0 radical (unpaired) electrons. The van der Waals surface area contributed by atoms with Gasteiger partial charge in [0.1, 0.15) is 5.78 Å². The fraction of sp³-hybridized carbons (Fsp3) is 0.850. The summed E-state index contributed by atoms with van der Waals surface area (Å²) in [7, 11) is 0. The molecule has 6 atom stereocenters. The maximum atomic E-state index is 12.5. The van der Waals surface area contributed by atoms with E-state index in [-0.39, 0.29) is 28.6 Å². The first-order chi connectivity index (χ1) is 10.6. The molecule has 0 spiro atoms. The molecule has 2 saturated carbocycles. The molecule has 3 aliphatic rings. The Balaban J connectivity index is 1.99. The average Bonchev–Trinajstić information content (AvgIpc) is 2.45. The largest absolute Gasteiger partial charge is 0.396 e. The lowest BCUT2D eigenvalue weighted by Gasteiger charge is -2.64. The summed E-state index contributed by atoms with van der Waals surface area (Å²) in [4.78, 5) is 12.5. The lowest BCUT2D eigenvalue weighted by Crippen LogP contribution is -2.64. The van der Waals surface area contributed by atoms with Crippen molar-refractivity contribution in [3.8, 4) is 0 Å². The zero-order valence-electron chi connectivity index (χ0n) is 15.2. The Morgan fingerprint density at radius 2 is 1.83 bits per heavy atom. The lowest BCUT2D eigenvalue weighted by molar-refractivity contribution is -0.253. The molecule has 1 heterocycles. The molecule has 3 fully saturated rings. The van der Waals surface area contributed by atoms with Gasteiger partial charge in [-0.3, -0.25) is 4.79 Å². The third kappa shape index (κ3) is 2.42. The Labute approximate surface area is 140 Å². The minimum absolute atomic E-state index is 0.0671. The molecule has 3 heteroatoms. The van der Waals surface area contributed by atoms with Crippen molar-refractivity contribution in [2.75, 3.05) is 6.61 Å². The molecule has 2 aliphatic carbocycles. The molecule has 0 aromatic heterocycles. The van der Waals surface area contributed by atoms with E-state index in [0.717, 1.165) is 25.7 Å². The van der Waals surface area contributed by atoms with E-state index in [4.69, 9.17) is 4.74 Å². The molecule has 0 bridgehead atoms. The van der Waals surface area contributed by atoms with E-state index in [9.17, 15) is 9.90 Å². The molecule has 1 N–H and O–H groups in total. The van der Waals surface area contributed by atoms with Gasteiger partial charge in [-0.2, -0.15) is 0 Å². The van der Waals surface area contributed by atoms with Gasteiger partial charge in [-0.05, 0) is 56.8 Å². The maximum absolute atomic E-state index is 12.5. The van der Waals surface area contributed by atoms with Crippen molar-refractivity contribution in [1.82, 2.24) is 0 Å². The van der Waals surface area contributed by atoms with Crippen LogP contribution in [0.15, 0.2) is 12.7 Å². The summed E-state index contributed by atoms with van der Waals surface area (Å²) >= 11 is 0. The van der Waals surface area contributed by atoms with Gasteiger partial charge in [-0.15, -0.1) is 6.58 Å². The minimum Gasteiger partial charge on any atom is -0.396 e. The molecule has 3 rings (SSSR count). The standard InChI is InChI=1S/C20H32O3/c1-6-18(3)9-7-16-19(4)12-14(22)11-17(2,13-21)15(19)8-10-20(16,5)23-18/h6,15-16,21H,1,7-13H2,2-5H3/t15-,16+,17-,18-,19-,20+/m0/s1. The Bertz CT molecular complexity index is 529. The van der Waals surface area contributed by atoms with Gasteiger partial charge in [0, 0.05) is 24.9 Å². The minimum atomic E-state index is -0.273. The predicted octanol–water partition coefficient (Wildman–Crippen LogP) is 3.89. The molecule has 0 unspecified atom stereocenters. The van der Waals surface area contributed by atoms with Crippen molar-refractivity contribution in [3.63, 3.8) is 0 Å². The van der Waals surface area contributed by atoms with Crippen molar-refractivity contribution in [1.29, 1.82) is 0 Å². The molecule has 3 nitrogen and oxygen atoms in total. The first-order valence-corrected chi connectivity index (χ1v) is 9.07. The highest BCUT2D eigenvalue weighted by Gasteiger charge is 2.63. The molecule has 1 aliphatic heterocycles. The predicted molar refractivity (Wildman–Crippen MR) is 91.1 cm³/mol. The fourth-order valence-electron chi connectivity index (χ4n) is 6.41. The van der Waals surface area contributed by atoms with Crippen LogP contribution in [-0.2, 0) is 9.53 Å². The van der Waals surface area contributed by atoms with Gasteiger partial charge in [-0.1, -0.05) is 19.9 Å². The summed E-state index contributed by atoms with van der Waals surface area (Å²) in [6, 6.07) is 0. The van der Waals surface area contributed by atoms with Gasteiger partial charge in [-0.25, -0.2) is 0 Å². The van der Waals surface area contributed by atoms with Crippen LogP contribution in [0, 0.1) is 22.7 Å². The van der Waals surface area contributed by atoms with Crippen molar-refractivity contribution < 1.29 is 14.6 Å². The lowest BCUT2D eigenvalue weighted by atomic mass is 9.44. The van der Waals surface area contributed by atoms with Gasteiger partial charge in [0.2, 0.25) is 0 Å². The third-order valence-corrected chi connectivity index (χ3v) is 7.47. The van der Waals surface area contributed by atoms with Crippen molar-refractivity contribution in [2.45, 2.75) is 77.4 Å². The molecule has 1 saturated heterocycles. The molecule has 23 heavy (non-hydrogen) atoms. The van der Waals surface area contributed by atoms with Crippen molar-refractivity contribution >= 4 is 5.78 Å². The van der Waals surface area contributed by atoms with Crippen LogP contribution in [-0.4, -0.2) is 28.7 Å². The van der Waals surface area contributed by atoms with Gasteiger partial charge >= 0.3 is 0 Å². The van der Waals surface area contributed by atoms with Crippen molar-refractivity contribution in [3.05, 3.63) is 12.7 Å². The number of hydrogen-bond acceptors (Lipinski definition) is 3. The Morgan fingerprint density at radius 1 is 1.17 bits per heavy atom. The second kappa shape index (κ2) is 5.16. The summed E-state index contributed by atoms with van der Waals surface area (Å²) in [6.45, 7) is 12.8. The number of Topliss-reactive ketones (excluding diaryl/α,β-unsaturated/α-hetero) is 1. The van der Waals surface area contributed by atoms with Crippen LogP contribution in [0.4, 0.5) is 0 Å². The molecular formula is C20H32O3. The molecular weight excluding hydrogens is 288 g/mol. The number of carbonyl (C=O) groups is 1. The van der Waals surface area contributed by atoms with Gasteiger partial charge in [0.25, 0.3) is 0 Å². The van der Waals surface area contributed by atoms with Gasteiger partial charge in [0.15, 0.2) is 0 Å². The summed E-state index contributed by atoms with van der Waals surface area (Å²) in [5.74, 6) is 1.07. The topological polar surface area (TPSA) is 46.5 Å². The Kier molecular flexibility index (Phi) is 3.85. The van der Waals surface area contributed by atoms with Gasteiger partial charge < -0.3 is 9.84 Å². The number of aliphatic hydroxyl groups excluding tert-OH is 1. The second-order valence-electron chi connectivity index (χ2n) is 9.32. The number of aliphatic hydroxyl groups is 1. The van der Waals surface area contributed by atoms with E-state index in [1.807, 2.05) is 6.08 Å². The summed E-state index contributed by atoms with van der Waals surface area (Å²) in [5, 5.41) is 10.0. The molecule has 130 valence electrons. The van der Waals surface area contributed by atoms with Crippen LogP contribution in [0.2, 0.25) is 0 Å². The van der Waals surface area contributed by atoms with Crippen LogP contribution in [0.1, 0.15) is 66.2 Å². The quantitative estimate of drug-likeness (QED) is 0.785. The van der Waals surface area contributed by atoms with E-state index in [2.05, 4.69) is 34.3 Å². The number of ether oxygens (including phenoxy) is 1. The number of carbonyl (C=O) groups excluding carboxylic acids is 1. The van der Waals surface area contributed by atoms with Crippen LogP contribution >= 0.6 is 0 Å². The highest BCUT2D eigenvalue weighted by atomic mass is 16.5. The Morgan fingerprint density at radius 3 is 2.43 bits per heavy atom. The van der Waals surface area contributed by atoms with E-state index < -0.39 is 0 Å². The van der Waals surface area contributed by atoms with E-state index in [1.165, 1.54) is 0 Å². The smallest absolute Gasteiger partial charge is 0.134 e. The number of hydrogen-bond donors (Lipinski definition) is 1. The second-order valence-corrected chi connectivity index (χ2v) is 9.32. The highest BCUT2D eigenvalue weighted by molar-refractivity contribution is 5.81. The van der Waals surface area contributed by atoms with Gasteiger partial charge in [0.05, 0.1) is 11.2 Å². The third-order valence-electron chi connectivity index (χ3n) is 7.47. The summed E-state index contributed by atoms with van der Waals surface area (Å²) < 4.78 is 6.57. The van der Waals surface area contributed by atoms with E-state index in [1.54, 1.807) is 0 Å². The zero-order chi connectivity index (χ0) is 17.1. The van der Waals surface area contributed by atoms with Crippen LogP contribution < -0.4 is 0 Å². The average molecular weight is 320 g/mol. The van der Waals surface area contributed by atoms with Crippen LogP contribution in [0.5, 0.6) is 0 Å². The maximum Gasteiger partial charge on any atom is 0.134 e. The number of rotatable bonds is 2.